The van der Waals surface area contributed by atoms with Crippen molar-refractivity contribution in [2.75, 3.05) is 33.7 Å². The van der Waals surface area contributed by atoms with Gasteiger partial charge in [0.2, 0.25) is 5.09 Å². The minimum Gasteiger partial charge on any atom is -0.446 e. The molecule has 1 aliphatic rings. The monoisotopic (exact) mass is 302 g/mol. The number of hydrogen-bond donors (Lipinski definition) is 1. The molecule has 0 atom stereocenters. The van der Waals surface area contributed by atoms with Crippen molar-refractivity contribution >= 4 is 10.0 Å². The lowest BCUT2D eigenvalue weighted by Crippen LogP contribution is -2.40. The molecular formula is C13H22N2O4S. The molecule has 7 heteroatoms. The Morgan fingerprint density at radius 3 is 2.50 bits per heavy atom. The van der Waals surface area contributed by atoms with Crippen molar-refractivity contribution < 1.29 is 17.9 Å². The number of aliphatic hydroxyl groups is 1. The maximum absolute atomic E-state index is 12.4. The Bertz CT molecular complexity index is 530. The minimum absolute atomic E-state index is 0.0763. The molecule has 1 fully saturated rings. The summed E-state index contributed by atoms with van der Waals surface area (Å²) < 4.78 is 31.4. The number of piperidine rings is 1. The molecule has 2 heterocycles. The van der Waals surface area contributed by atoms with Gasteiger partial charge in [-0.2, -0.15) is 4.31 Å². The van der Waals surface area contributed by atoms with Gasteiger partial charge in [-0.1, -0.05) is 0 Å². The minimum atomic E-state index is -3.56. The highest BCUT2D eigenvalue weighted by molar-refractivity contribution is 7.89. The van der Waals surface area contributed by atoms with E-state index in [1.54, 1.807) is 0 Å². The molecule has 2 rings (SSSR count). The first-order valence-corrected chi connectivity index (χ1v) is 8.22. The van der Waals surface area contributed by atoms with Crippen molar-refractivity contribution in [2.45, 2.75) is 24.5 Å². The number of nitrogens with zero attached hydrogens (tertiary/aromatic N) is 2. The van der Waals surface area contributed by atoms with Crippen LogP contribution in [0, 0.1) is 5.92 Å². The molecule has 1 aromatic heterocycles. The van der Waals surface area contributed by atoms with Gasteiger partial charge in [0.25, 0.3) is 10.0 Å². The maximum atomic E-state index is 12.4. The van der Waals surface area contributed by atoms with Crippen LogP contribution >= 0.6 is 0 Å². The predicted molar refractivity (Wildman–Crippen MR) is 74.7 cm³/mol. The third kappa shape index (κ3) is 3.41. The van der Waals surface area contributed by atoms with Crippen molar-refractivity contribution in [1.29, 1.82) is 0 Å². The average molecular weight is 302 g/mol. The molecule has 0 amide bonds. The van der Waals surface area contributed by atoms with E-state index in [9.17, 15) is 8.42 Å². The lowest BCUT2D eigenvalue weighted by atomic mass is 9.98. The molecule has 114 valence electrons. The second-order valence-electron chi connectivity index (χ2n) is 5.49. The van der Waals surface area contributed by atoms with Crippen LogP contribution in [-0.2, 0) is 16.6 Å². The Labute approximate surface area is 120 Å². The maximum Gasteiger partial charge on any atom is 0.276 e. The number of furan rings is 1. The first-order valence-electron chi connectivity index (χ1n) is 6.78. The second-order valence-corrected chi connectivity index (χ2v) is 7.36. The summed E-state index contributed by atoms with van der Waals surface area (Å²) in [6, 6.07) is 2.90. The summed E-state index contributed by atoms with van der Waals surface area (Å²) in [7, 11) is 0.499. The highest BCUT2D eigenvalue weighted by Crippen LogP contribution is 2.25. The van der Waals surface area contributed by atoms with Gasteiger partial charge in [-0.05, 0) is 45.0 Å². The second kappa shape index (κ2) is 6.26. The largest absolute Gasteiger partial charge is 0.446 e. The molecule has 0 bridgehead atoms. The molecule has 1 N–H and O–H groups in total. The zero-order chi connectivity index (χ0) is 14.8. The molecule has 0 spiro atoms. The van der Waals surface area contributed by atoms with E-state index in [1.807, 2.05) is 14.1 Å². The molecule has 20 heavy (non-hydrogen) atoms. The normalized spacial score (nSPS) is 18.8. The van der Waals surface area contributed by atoms with E-state index in [-0.39, 0.29) is 17.5 Å². The molecule has 0 saturated carbocycles. The predicted octanol–water partition coefficient (Wildman–Crippen LogP) is 0.734. The van der Waals surface area contributed by atoms with E-state index >= 15 is 0 Å². The van der Waals surface area contributed by atoms with Gasteiger partial charge < -0.3 is 14.4 Å². The summed E-state index contributed by atoms with van der Waals surface area (Å²) in [6.07, 6.45) is 1.73. The molecule has 0 aromatic carbocycles. The van der Waals surface area contributed by atoms with E-state index in [4.69, 9.17) is 9.52 Å². The molecule has 1 aromatic rings. The Morgan fingerprint density at radius 1 is 1.35 bits per heavy atom. The Balaban J connectivity index is 2.02. The van der Waals surface area contributed by atoms with Crippen LogP contribution in [0.4, 0.5) is 0 Å². The van der Waals surface area contributed by atoms with Gasteiger partial charge in [0.1, 0.15) is 12.4 Å². The van der Waals surface area contributed by atoms with Gasteiger partial charge in [0, 0.05) is 19.6 Å². The van der Waals surface area contributed by atoms with Crippen molar-refractivity contribution in [1.82, 2.24) is 9.21 Å². The van der Waals surface area contributed by atoms with Gasteiger partial charge in [0.05, 0.1) is 0 Å². The lowest BCUT2D eigenvalue weighted by molar-refractivity contribution is 0.217. The van der Waals surface area contributed by atoms with Crippen LogP contribution in [0.25, 0.3) is 0 Å². The first kappa shape index (κ1) is 15.5. The molecule has 1 aliphatic heterocycles. The van der Waals surface area contributed by atoms with E-state index in [0.717, 1.165) is 19.4 Å². The summed E-state index contributed by atoms with van der Waals surface area (Å²) in [5.74, 6) is 0.812. The zero-order valence-corrected chi connectivity index (χ0v) is 12.8. The van der Waals surface area contributed by atoms with Crippen molar-refractivity contribution in [2.24, 2.45) is 5.92 Å². The third-order valence-electron chi connectivity index (χ3n) is 3.58. The molecule has 6 nitrogen and oxygen atoms in total. The Morgan fingerprint density at radius 2 is 2.00 bits per heavy atom. The van der Waals surface area contributed by atoms with Gasteiger partial charge >= 0.3 is 0 Å². The standard InChI is InChI=1S/C13H22N2O4S/c1-14(2)9-11-5-7-15(8-6-11)20(17,18)13-4-3-12(10-16)19-13/h3-4,11,16H,5-10H2,1-2H3. The van der Waals surface area contributed by atoms with E-state index in [2.05, 4.69) is 4.90 Å². The van der Waals surface area contributed by atoms with Gasteiger partial charge in [-0.15, -0.1) is 0 Å². The smallest absolute Gasteiger partial charge is 0.276 e. The summed E-state index contributed by atoms with van der Waals surface area (Å²) >= 11 is 0. The molecular weight excluding hydrogens is 280 g/mol. The summed E-state index contributed by atoms with van der Waals surface area (Å²) in [4.78, 5) is 2.13. The average Bonchev–Trinajstić information content (AvgIpc) is 2.88. The number of hydrogen-bond acceptors (Lipinski definition) is 5. The molecule has 0 radical (unpaired) electrons. The Hall–Kier alpha value is -0.890. The fraction of sp³-hybridized carbons (Fsp3) is 0.692. The first-order chi connectivity index (χ1) is 9.43. The SMILES string of the molecule is CN(C)CC1CCN(S(=O)(=O)c2ccc(CO)o2)CC1. The van der Waals surface area contributed by atoms with Crippen molar-refractivity contribution in [3.8, 4) is 0 Å². The zero-order valence-electron chi connectivity index (χ0n) is 11.9. The fourth-order valence-electron chi connectivity index (χ4n) is 2.56. The van der Waals surface area contributed by atoms with Gasteiger partial charge in [-0.3, -0.25) is 0 Å². The van der Waals surface area contributed by atoms with Crippen LogP contribution in [0.5, 0.6) is 0 Å². The molecule has 1 saturated heterocycles. The van der Waals surface area contributed by atoms with Gasteiger partial charge in [0.15, 0.2) is 0 Å². The van der Waals surface area contributed by atoms with Crippen LogP contribution in [0.2, 0.25) is 0 Å². The van der Waals surface area contributed by atoms with E-state index < -0.39 is 10.0 Å². The topological polar surface area (TPSA) is 74.0 Å². The van der Waals surface area contributed by atoms with Crippen LogP contribution < -0.4 is 0 Å². The molecule has 0 unspecified atom stereocenters. The van der Waals surface area contributed by atoms with Crippen molar-refractivity contribution in [3.05, 3.63) is 17.9 Å². The highest BCUT2D eigenvalue weighted by atomic mass is 32.2. The fourth-order valence-corrected chi connectivity index (χ4v) is 3.96. The summed E-state index contributed by atoms with van der Waals surface area (Å²) in [5, 5.41) is 8.86. The van der Waals surface area contributed by atoms with Crippen LogP contribution in [0.1, 0.15) is 18.6 Å². The van der Waals surface area contributed by atoms with Crippen LogP contribution in [-0.4, -0.2) is 56.5 Å². The van der Waals surface area contributed by atoms with Crippen molar-refractivity contribution in [3.63, 3.8) is 0 Å². The lowest BCUT2D eigenvalue weighted by Gasteiger charge is -2.31. The van der Waals surface area contributed by atoms with E-state index in [1.165, 1.54) is 16.4 Å². The van der Waals surface area contributed by atoms with Crippen LogP contribution in [0.3, 0.4) is 0 Å². The number of aliphatic hydroxyl groups excluding tert-OH is 1. The van der Waals surface area contributed by atoms with E-state index in [0.29, 0.717) is 19.0 Å². The summed E-state index contributed by atoms with van der Waals surface area (Å²) in [6.45, 7) is 1.75. The Kier molecular flexibility index (Phi) is 4.85. The highest BCUT2D eigenvalue weighted by Gasteiger charge is 2.31. The molecule has 0 aliphatic carbocycles. The number of sulfonamides is 1. The van der Waals surface area contributed by atoms with Crippen LogP contribution in [0.15, 0.2) is 21.6 Å². The third-order valence-corrected chi connectivity index (χ3v) is 5.36. The quantitative estimate of drug-likeness (QED) is 0.868. The summed E-state index contributed by atoms with van der Waals surface area (Å²) in [5.41, 5.74) is 0. The van der Waals surface area contributed by atoms with Gasteiger partial charge in [-0.25, -0.2) is 8.42 Å². The number of rotatable bonds is 5.